The molecule has 0 unspecified atom stereocenters. The van der Waals surface area contributed by atoms with Crippen LogP contribution in [0.1, 0.15) is 30.9 Å². The average molecular weight is 222 g/mol. The van der Waals surface area contributed by atoms with E-state index in [9.17, 15) is 4.79 Å². The minimum absolute atomic E-state index is 0.350. The number of thioether (sulfide) groups is 1. The van der Waals surface area contributed by atoms with Gasteiger partial charge in [0.2, 0.25) is 0 Å². The summed E-state index contributed by atoms with van der Waals surface area (Å²) in [4.78, 5) is 12.6. The van der Waals surface area contributed by atoms with E-state index >= 15 is 0 Å². The SMILES string of the molecule is CCCC(=O)CSc1ccc(C)cc1C. The number of benzene rings is 1. The highest BCUT2D eigenvalue weighted by Crippen LogP contribution is 2.23. The zero-order valence-corrected chi connectivity index (χ0v) is 10.5. The molecule has 0 spiro atoms. The summed E-state index contributed by atoms with van der Waals surface area (Å²) >= 11 is 1.65. The Morgan fingerprint density at radius 1 is 1.33 bits per heavy atom. The summed E-state index contributed by atoms with van der Waals surface area (Å²) < 4.78 is 0. The van der Waals surface area contributed by atoms with Crippen molar-refractivity contribution >= 4 is 17.5 Å². The second-order valence-corrected chi connectivity index (χ2v) is 4.86. The van der Waals surface area contributed by atoms with Gasteiger partial charge in [-0.2, -0.15) is 0 Å². The molecule has 1 aromatic carbocycles. The fourth-order valence-corrected chi connectivity index (χ4v) is 2.38. The number of hydrogen-bond donors (Lipinski definition) is 0. The molecule has 0 bridgehead atoms. The van der Waals surface area contributed by atoms with E-state index in [0.717, 1.165) is 6.42 Å². The maximum Gasteiger partial charge on any atom is 0.143 e. The number of aryl methyl sites for hydroxylation is 2. The molecule has 0 atom stereocenters. The minimum Gasteiger partial charge on any atom is -0.299 e. The largest absolute Gasteiger partial charge is 0.299 e. The summed E-state index contributed by atoms with van der Waals surface area (Å²) in [7, 11) is 0. The molecule has 0 radical (unpaired) electrons. The number of Topliss-reactive ketones (excluding diaryl/α,β-unsaturated/α-hetero) is 1. The van der Waals surface area contributed by atoms with Crippen LogP contribution in [0.25, 0.3) is 0 Å². The Kier molecular flexibility index (Phi) is 4.89. The van der Waals surface area contributed by atoms with Crippen molar-refractivity contribution in [1.29, 1.82) is 0 Å². The molecule has 82 valence electrons. The molecule has 0 saturated carbocycles. The lowest BCUT2D eigenvalue weighted by Crippen LogP contribution is -2.00. The standard InChI is InChI=1S/C13H18OS/c1-4-5-12(14)9-15-13-7-6-10(2)8-11(13)3/h6-8H,4-5,9H2,1-3H3. The first-order chi connectivity index (χ1) is 7.13. The van der Waals surface area contributed by atoms with Crippen molar-refractivity contribution in [2.45, 2.75) is 38.5 Å². The van der Waals surface area contributed by atoms with Gasteiger partial charge >= 0.3 is 0 Å². The van der Waals surface area contributed by atoms with Gasteiger partial charge in [-0.15, -0.1) is 11.8 Å². The minimum atomic E-state index is 0.350. The van der Waals surface area contributed by atoms with E-state index in [-0.39, 0.29) is 0 Å². The molecule has 0 aromatic heterocycles. The number of hydrogen-bond acceptors (Lipinski definition) is 2. The average Bonchev–Trinajstić information content (AvgIpc) is 2.17. The molecule has 0 amide bonds. The molecule has 0 aliphatic carbocycles. The molecule has 0 saturated heterocycles. The van der Waals surface area contributed by atoms with Crippen molar-refractivity contribution in [3.63, 3.8) is 0 Å². The number of carbonyl (C=O) groups excluding carboxylic acids is 1. The summed E-state index contributed by atoms with van der Waals surface area (Å²) in [6.07, 6.45) is 1.66. The van der Waals surface area contributed by atoms with Crippen molar-refractivity contribution < 1.29 is 4.79 Å². The molecule has 0 fully saturated rings. The van der Waals surface area contributed by atoms with E-state index in [1.807, 2.05) is 6.92 Å². The van der Waals surface area contributed by atoms with Gasteiger partial charge in [-0.3, -0.25) is 4.79 Å². The van der Waals surface area contributed by atoms with Crippen LogP contribution in [0, 0.1) is 13.8 Å². The summed E-state index contributed by atoms with van der Waals surface area (Å²) in [6.45, 7) is 6.23. The Bertz CT molecular complexity index is 344. The summed E-state index contributed by atoms with van der Waals surface area (Å²) in [5, 5.41) is 0. The third-order valence-corrected chi connectivity index (χ3v) is 3.48. The summed E-state index contributed by atoms with van der Waals surface area (Å²) in [5.41, 5.74) is 2.54. The molecule has 0 aliphatic heterocycles. The Labute approximate surface area is 96.3 Å². The number of rotatable bonds is 5. The normalized spacial score (nSPS) is 10.3. The van der Waals surface area contributed by atoms with E-state index < -0.39 is 0 Å². The van der Waals surface area contributed by atoms with Crippen LogP contribution in [-0.2, 0) is 4.79 Å². The van der Waals surface area contributed by atoms with Crippen molar-refractivity contribution in [3.8, 4) is 0 Å². The van der Waals surface area contributed by atoms with Crippen LogP contribution >= 0.6 is 11.8 Å². The van der Waals surface area contributed by atoms with Gasteiger partial charge in [0.05, 0.1) is 5.75 Å². The van der Waals surface area contributed by atoms with Crippen LogP contribution in [0.4, 0.5) is 0 Å². The zero-order valence-electron chi connectivity index (χ0n) is 9.67. The first kappa shape index (κ1) is 12.3. The molecule has 0 heterocycles. The van der Waals surface area contributed by atoms with Gasteiger partial charge in [-0.05, 0) is 31.9 Å². The van der Waals surface area contributed by atoms with Gasteiger partial charge < -0.3 is 0 Å². The Morgan fingerprint density at radius 3 is 2.67 bits per heavy atom. The fourth-order valence-electron chi connectivity index (χ4n) is 1.47. The van der Waals surface area contributed by atoms with E-state index in [1.165, 1.54) is 16.0 Å². The van der Waals surface area contributed by atoms with Crippen molar-refractivity contribution in [2.75, 3.05) is 5.75 Å². The topological polar surface area (TPSA) is 17.1 Å². The first-order valence-electron chi connectivity index (χ1n) is 5.35. The van der Waals surface area contributed by atoms with E-state index in [0.29, 0.717) is 18.0 Å². The van der Waals surface area contributed by atoms with Gasteiger partial charge in [-0.25, -0.2) is 0 Å². The van der Waals surface area contributed by atoms with Gasteiger partial charge in [-0.1, -0.05) is 24.6 Å². The third kappa shape index (κ3) is 4.08. The lowest BCUT2D eigenvalue weighted by Gasteiger charge is -2.05. The Balaban J connectivity index is 2.54. The van der Waals surface area contributed by atoms with Gasteiger partial charge in [0, 0.05) is 11.3 Å². The molecule has 1 rings (SSSR count). The molecule has 15 heavy (non-hydrogen) atoms. The second kappa shape index (κ2) is 5.96. The summed E-state index contributed by atoms with van der Waals surface area (Å²) in [5.74, 6) is 0.958. The maximum atomic E-state index is 11.4. The molecule has 0 N–H and O–H groups in total. The van der Waals surface area contributed by atoms with Gasteiger partial charge in [0.1, 0.15) is 5.78 Å². The monoisotopic (exact) mass is 222 g/mol. The first-order valence-corrected chi connectivity index (χ1v) is 6.33. The predicted octanol–water partition coefficient (Wildman–Crippen LogP) is 3.76. The van der Waals surface area contributed by atoms with Crippen LogP contribution in [0.2, 0.25) is 0 Å². The highest BCUT2D eigenvalue weighted by molar-refractivity contribution is 8.00. The van der Waals surface area contributed by atoms with E-state index in [1.54, 1.807) is 11.8 Å². The fraction of sp³-hybridized carbons (Fsp3) is 0.462. The molecule has 1 aromatic rings. The maximum absolute atomic E-state index is 11.4. The van der Waals surface area contributed by atoms with Crippen molar-refractivity contribution in [3.05, 3.63) is 29.3 Å². The molecular weight excluding hydrogens is 204 g/mol. The van der Waals surface area contributed by atoms with Crippen LogP contribution in [0.15, 0.2) is 23.1 Å². The predicted molar refractivity (Wildman–Crippen MR) is 66.6 cm³/mol. The quantitative estimate of drug-likeness (QED) is 0.705. The zero-order chi connectivity index (χ0) is 11.3. The lowest BCUT2D eigenvalue weighted by molar-refractivity contribution is -0.116. The second-order valence-electron chi connectivity index (χ2n) is 3.85. The lowest BCUT2D eigenvalue weighted by atomic mass is 10.2. The Morgan fingerprint density at radius 2 is 2.07 bits per heavy atom. The van der Waals surface area contributed by atoms with Crippen LogP contribution in [0.5, 0.6) is 0 Å². The number of carbonyl (C=O) groups is 1. The van der Waals surface area contributed by atoms with Crippen molar-refractivity contribution in [1.82, 2.24) is 0 Å². The highest BCUT2D eigenvalue weighted by atomic mass is 32.2. The number of ketones is 1. The molecule has 2 heteroatoms. The van der Waals surface area contributed by atoms with E-state index in [2.05, 4.69) is 32.0 Å². The third-order valence-electron chi connectivity index (χ3n) is 2.25. The highest BCUT2D eigenvalue weighted by Gasteiger charge is 2.04. The van der Waals surface area contributed by atoms with Gasteiger partial charge in [0.25, 0.3) is 0 Å². The Hall–Kier alpha value is -0.760. The van der Waals surface area contributed by atoms with Crippen LogP contribution in [0.3, 0.4) is 0 Å². The van der Waals surface area contributed by atoms with Gasteiger partial charge in [0.15, 0.2) is 0 Å². The van der Waals surface area contributed by atoms with Crippen molar-refractivity contribution in [2.24, 2.45) is 0 Å². The molecular formula is C13H18OS. The molecule has 1 nitrogen and oxygen atoms in total. The summed E-state index contributed by atoms with van der Waals surface area (Å²) in [6, 6.07) is 6.36. The van der Waals surface area contributed by atoms with Crippen LogP contribution < -0.4 is 0 Å². The van der Waals surface area contributed by atoms with Crippen LogP contribution in [-0.4, -0.2) is 11.5 Å². The molecule has 0 aliphatic rings. The smallest absolute Gasteiger partial charge is 0.143 e. The van der Waals surface area contributed by atoms with E-state index in [4.69, 9.17) is 0 Å².